The van der Waals surface area contributed by atoms with Gasteiger partial charge < -0.3 is 4.52 Å². The minimum absolute atomic E-state index is 0.0888. The number of rotatable bonds is 4. The molecule has 0 N–H and O–H groups in total. The summed E-state index contributed by atoms with van der Waals surface area (Å²) in [5.41, 5.74) is 3.69. The minimum atomic E-state index is -3.47. The van der Waals surface area contributed by atoms with Gasteiger partial charge in [0.1, 0.15) is 5.76 Å². The van der Waals surface area contributed by atoms with E-state index in [-0.39, 0.29) is 5.92 Å². The molecule has 1 aromatic carbocycles. The van der Waals surface area contributed by atoms with Gasteiger partial charge in [0.2, 0.25) is 10.0 Å². The second-order valence-electron chi connectivity index (χ2n) is 7.19. The Labute approximate surface area is 165 Å². The molecular formula is C21H23N3O3S. The van der Waals surface area contributed by atoms with Gasteiger partial charge in [0.15, 0.2) is 0 Å². The maximum atomic E-state index is 12.9. The second kappa shape index (κ2) is 7.48. The van der Waals surface area contributed by atoms with Crippen LogP contribution in [0.4, 0.5) is 0 Å². The molecule has 28 heavy (non-hydrogen) atoms. The normalized spacial score (nSPS) is 18.3. The zero-order valence-corrected chi connectivity index (χ0v) is 16.8. The molecule has 1 fully saturated rings. The van der Waals surface area contributed by atoms with E-state index in [4.69, 9.17) is 4.52 Å². The highest BCUT2D eigenvalue weighted by atomic mass is 32.2. The van der Waals surface area contributed by atoms with Crippen molar-refractivity contribution in [1.82, 2.24) is 14.4 Å². The minimum Gasteiger partial charge on any atom is -0.361 e. The molecule has 1 atom stereocenters. The fourth-order valence-electron chi connectivity index (χ4n) is 3.83. The standard InChI is InChI=1S/C21H23N3O3S/c1-15-21(16(2)27-23-15)17-10-11-20(22-13-17)18-7-6-12-24(14-18)28(25,26)19-8-4-3-5-9-19/h3-5,8-11,13,18H,6-7,12,14H2,1-2H3. The number of hydrogen-bond acceptors (Lipinski definition) is 5. The molecule has 146 valence electrons. The van der Waals surface area contributed by atoms with Crippen LogP contribution in [-0.4, -0.2) is 36.0 Å². The molecule has 0 bridgehead atoms. The van der Waals surface area contributed by atoms with Crippen molar-refractivity contribution in [2.75, 3.05) is 13.1 Å². The monoisotopic (exact) mass is 397 g/mol. The van der Waals surface area contributed by atoms with Crippen LogP contribution in [0.25, 0.3) is 11.1 Å². The first-order valence-corrected chi connectivity index (χ1v) is 10.8. The summed E-state index contributed by atoms with van der Waals surface area (Å²) in [7, 11) is -3.47. The first-order valence-electron chi connectivity index (χ1n) is 9.41. The average Bonchev–Trinajstić information content (AvgIpc) is 3.07. The van der Waals surface area contributed by atoms with Crippen LogP contribution in [-0.2, 0) is 10.0 Å². The van der Waals surface area contributed by atoms with Crippen molar-refractivity contribution in [2.24, 2.45) is 0 Å². The molecule has 1 saturated heterocycles. The Hall–Kier alpha value is -2.51. The summed E-state index contributed by atoms with van der Waals surface area (Å²) in [5.74, 6) is 0.857. The van der Waals surface area contributed by atoms with Gasteiger partial charge in [-0.15, -0.1) is 0 Å². The third-order valence-corrected chi connectivity index (χ3v) is 7.17. The number of pyridine rings is 1. The van der Waals surface area contributed by atoms with Gasteiger partial charge in [-0.3, -0.25) is 4.98 Å². The summed E-state index contributed by atoms with van der Waals surface area (Å²) in [4.78, 5) is 4.98. The van der Waals surface area contributed by atoms with Crippen LogP contribution in [0.3, 0.4) is 0 Å². The number of aryl methyl sites for hydroxylation is 2. The van der Waals surface area contributed by atoms with Gasteiger partial charge in [-0.1, -0.05) is 29.4 Å². The van der Waals surface area contributed by atoms with Crippen molar-refractivity contribution < 1.29 is 12.9 Å². The van der Waals surface area contributed by atoms with Crippen molar-refractivity contribution in [1.29, 1.82) is 0 Å². The van der Waals surface area contributed by atoms with Gasteiger partial charge in [-0.25, -0.2) is 8.42 Å². The van der Waals surface area contributed by atoms with Crippen LogP contribution in [0, 0.1) is 13.8 Å². The van der Waals surface area contributed by atoms with Crippen LogP contribution in [0.15, 0.2) is 58.1 Å². The third-order valence-electron chi connectivity index (χ3n) is 5.29. The summed E-state index contributed by atoms with van der Waals surface area (Å²) < 4.78 is 32.7. The Morgan fingerprint density at radius 1 is 1.11 bits per heavy atom. The predicted octanol–water partition coefficient (Wildman–Crippen LogP) is 3.92. The lowest BCUT2D eigenvalue weighted by molar-refractivity contribution is 0.312. The Morgan fingerprint density at radius 3 is 2.54 bits per heavy atom. The Morgan fingerprint density at radius 2 is 1.89 bits per heavy atom. The smallest absolute Gasteiger partial charge is 0.243 e. The van der Waals surface area contributed by atoms with Crippen LogP contribution in [0.2, 0.25) is 0 Å². The van der Waals surface area contributed by atoms with Gasteiger partial charge >= 0.3 is 0 Å². The van der Waals surface area contributed by atoms with E-state index >= 15 is 0 Å². The number of benzene rings is 1. The van der Waals surface area contributed by atoms with Crippen molar-refractivity contribution in [3.63, 3.8) is 0 Å². The van der Waals surface area contributed by atoms with Gasteiger partial charge in [0, 0.05) is 42.0 Å². The van der Waals surface area contributed by atoms with Crippen LogP contribution < -0.4 is 0 Å². The SMILES string of the molecule is Cc1noc(C)c1-c1ccc(C2CCCN(S(=O)(=O)c3ccccc3)C2)nc1. The number of nitrogens with zero attached hydrogens (tertiary/aromatic N) is 3. The van der Waals surface area contributed by atoms with E-state index in [1.807, 2.05) is 38.2 Å². The fourth-order valence-corrected chi connectivity index (χ4v) is 5.38. The molecule has 6 nitrogen and oxygen atoms in total. The molecule has 0 spiro atoms. The second-order valence-corrected chi connectivity index (χ2v) is 9.12. The summed E-state index contributed by atoms with van der Waals surface area (Å²) >= 11 is 0. The highest BCUT2D eigenvalue weighted by molar-refractivity contribution is 7.89. The molecule has 0 saturated carbocycles. The molecule has 0 radical (unpaired) electrons. The molecular weight excluding hydrogens is 374 g/mol. The highest BCUT2D eigenvalue weighted by Gasteiger charge is 2.31. The molecule has 3 heterocycles. The molecule has 7 heteroatoms. The zero-order valence-electron chi connectivity index (χ0n) is 16.0. The lowest BCUT2D eigenvalue weighted by Gasteiger charge is -2.31. The molecule has 3 aromatic rings. The predicted molar refractivity (Wildman–Crippen MR) is 106 cm³/mol. The number of aromatic nitrogens is 2. The lowest BCUT2D eigenvalue weighted by atomic mass is 9.95. The number of hydrogen-bond donors (Lipinski definition) is 0. The van der Waals surface area contributed by atoms with Gasteiger partial charge in [-0.05, 0) is 44.9 Å². The topological polar surface area (TPSA) is 76.3 Å². The van der Waals surface area contributed by atoms with Gasteiger partial charge in [-0.2, -0.15) is 4.31 Å². The number of sulfonamides is 1. The highest BCUT2D eigenvalue weighted by Crippen LogP contribution is 2.31. The van der Waals surface area contributed by atoms with Gasteiger partial charge in [0.25, 0.3) is 0 Å². The molecule has 1 aliphatic rings. The van der Waals surface area contributed by atoms with Crippen LogP contribution >= 0.6 is 0 Å². The van der Waals surface area contributed by atoms with Crippen molar-refractivity contribution in [3.8, 4) is 11.1 Å². The summed E-state index contributed by atoms with van der Waals surface area (Å²) in [6.45, 7) is 4.80. The quantitative estimate of drug-likeness (QED) is 0.667. The van der Waals surface area contributed by atoms with E-state index in [0.29, 0.717) is 18.0 Å². The Balaban J connectivity index is 1.55. The lowest BCUT2D eigenvalue weighted by Crippen LogP contribution is -2.39. The molecule has 2 aromatic heterocycles. The Kier molecular flexibility index (Phi) is 5.03. The van der Waals surface area contributed by atoms with Crippen molar-refractivity contribution >= 4 is 10.0 Å². The molecule has 0 amide bonds. The van der Waals surface area contributed by atoms with Gasteiger partial charge in [0.05, 0.1) is 10.6 Å². The first kappa shape index (κ1) is 18.8. The Bertz CT molecular complexity index is 1040. The maximum Gasteiger partial charge on any atom is 0.243 e. The summed E-state index contributed by atoms with van der Waals surface area (Å²) in [5, 5.41) is 3.99. The average molecular weight is 398 g/mol. The first-order chi connectivity index (χ1) is 13.5. The largest absolute Gasteiger partial charge is 0.361 e. The number of piperidine rings is 1. The van der Waals surface area contributed by atoms with Crippen LogP contribution in [0.1, 0.15) is 35.9 Å². The maximum absolute atomic E-state index is 12.9. The third kappa shape index (κ3) is 3.47. The van der Waals surface area contributed by atoms with E-state index in [2.05, 4.69) is 10.1 Å². The van der Waals surface area contributed by atoms with E-state index < -0.39 is 10.0 Å². The molecule has 1 aliphatic heterocycles. The summed E-state index contributed by atoms with van der Waals surface area (Å²) in [6, 6.07) is 12.6. The van der Waals surface area contributed by atoms with E-state index in [9.17, 15) is 8.42 Å². The van der Waals surface area contributed by atoms with Crippen molar-refractivity contribution in [3.05, 3.63) is 65.8 Å². The fraction of sp³-hybridized carbons (Fsp3) is 0.333. The van der Waals surface area contributed by atoms with E-state index in [1.54, 1.807) is 28.6 Å². The van der Waals surface area contributed by atoms with Crippen LogP contribution in [0.5, 0.6) is 0 Å². The zero-order chi connectivity index (χ0) is 19.7. The molecule has 1 unspecified atom stereocenters. The summed E-state index contributed by atoms with van der Waals surface area (Å²) in [6.07, 6.45) is 3.58. The van der Waals surface area contributed by atoms with E-state index in [0.717, 1.165) is 41.1 Å². The molecule has 0 aliphatic carbocycles. The molecule has 4 rings (SSSR count). The van der Waals surface area contributed by atoms with Crippen molar-refractivity contribution in [2.45, 2.75) is 37.5 Å². The van der Waals surface area contributed by atoms with E-state index in [1.165, 1.54) is 0 Å².